The van der Waals surface area contributed by atoms with Crippen LogP contribution in [-0.4, -0.2) is 47.8 Å². The van der Waals surface area contributed by atoms with Gasteiger partial charge in [-0.25, -0.2) is 0 Å². The van der Waals surface area contributed by atoms with Gasteiger partial charge in [-0.3, -0.25) is 9.59 Å². The molecule has 0 aromatic carbocycles. The summed E-state index contributed by atoms with van der Waals surface area (Å²) in [5.41, 5.74) is 1.47. The van der Waals surface area contributed by atoms with Crippen LogP contribution in [0.3, 0.4) is 0 Å². The normalized spacial score (nSPS) is 17.9. The standard InChI is InChI=1S/C16H26N4O2S/c1-4-6-13(21)18-9-12-7-5-8-20(10-12)16(22)14-11(2)19-23-15(14)17-3/h12,17H,4-10H2,1-3H3,(H,18,21)/t12-/m1/s1. The van der Waals surface area contributed by atoms with Crippen LogP contribution in [0.25, 0.3) is 0 Å². The summed E-state index contributed by atoms with van der Waals surface area (Å²) in [6.07, 6.45) is 3.46. The predicted octanol–water partition coefficient (Wildman–Crippen LogP) is 2.26. The minimum Gasteiger partial charge on any atom is -0.378 e. The summed E-state index contributed by atoms with van der Waals surface area (Å²) in [7, 11) is 1.81. The topological polar surface area (TPSA) is 74.3 Å². The number of carbonyl (C=O) groups excluding carboxylic acids is 2. The summed E-state index contributed by atoms with van der Waals surface area (Å²) in [6.45, 7) is 6.00. The van der Waals surface area contributed by atoms with E-state index in [0.717, 1.165) is 36.5 Å². The second-order valence-corrected chi connectivity index (χ2v) is 6.81. The van der Waals surface area contributed by atoms with Crippen LogP contribution < -0.4 is 10.6 Å². The van der Waals surface area contributed by atoms with Gasteiger partial charge in [0.05, 0.1) is 11.3 Å². The van der Waals surface area contributed by atoms with Gasteiger partial charge < -0.3 is 15.5 Å². The van der Waals surface area contributed by atoms with Crippen LogP contribution in [0.1, 0.15) is 48.7 Å². The van der Waals surface area contributed by atoms with Gasteiger partial charge in [0.1, 0.15) is 5.00 Å². The molecule has 7 heteroatoms. The molecule has 2 amide bonds. The van der Waals surface area contributed by atoms with Gasteiger partial charge in [0, 0.05) is 33.1 Å². The maximum absolute atomic E-state index is 12.8. The fourth-order valence-electron chi connectivity index (χ4n) is 2.94. The second-order valence-electron chi connectivity index (χ2n) is 6.04. The van der Waals surface area contributed by atoms with Crippen molar-refractivity contribution in [3.05, 3.63) is 11.3 Å². The van der Waals surface area contributed by atoms with Gasteiger partial charge in [-0.1, -0.05) is 6.92 Å². The van der Waals surface area contributed by atoms with Crippen molar-refractivity contribution in [3.63, 3.8) is 0 Å². The maximum atomic E-state index is 12.8. The molecule has 0 aliphatic carbocycles. The molecular weight excluding hydrogens is 312 g/mol. The Morgan fingerprint density at radius 2 is 2.22 bits per heavy atom. The quantitative estimate of drug-likeness (QED) is 0.834. The highest BCUT2D eigenvalue weighted by molar-refractivity contribution is 7.10. The van der Waals surface area contributed by atoms with Gasteiger partial charge in [-0.2, -0.15) is 4.37 Å². The number of likely N-dealkylation sites (tertiary alicyclic amines) is 1. The van der Waals surface area contributed by atoms with Crippen LogP contribution in [0.5, 0.6) is 0 Å². The smallest absolute Gasteiger partial charge is 0.258 e. The molecule has 128 valence electrons. The average molecular weight is 338 g/mol. The fraction of sp³-hybridized carbons (Fsp3) is 0.688. The Balaban J connectivity index is 1.96. The molecular formula is C16H26N4O2S. The Bertz CT molecular complexity index is 558. The lowest BCUT2D eigenvalue weighted by Gasteiger charge is -2.33. The van der Waals surface area contributed by atoms with E-state index in [1.807, 2.05) is 25.8 Å². The number of aromatic nitrogens is 1. The number of piperidine rings is 1. The summed E-state index contributed by atoms with van der Waals surface area (Å²) in [6, 6.07) is 0. The minimum absolute atomic E-state index is 0.0465. The molecule has 1 aromatic heterocycles. The summed E-state index contributed by atoms with van der Waals surface area (Å²) in [4.78, 5) is 26.3. The van der Waals surface area contributed by atoms with Crippen molar-refractivity contribution in [3.8, 4) is 0 Å². The van der Waals surface area contributed by atoms with Gasteiger partial charge in [0.2, 0.25) is 5.91 Å². The number of hydrogen-bond acceptors (Lipinski definition) is 5. The molecule has 0 unspecified atom stereocenters. The first-order chi connectivity index (χ1) is 11.1. The van der Waals surface area contributed by atoms with Crippen LogP contribution in [-0.2, 0) is 4.79 Å². The molecule has 2 rings (SSSR count). The van der Waals surface area contributed by atoms with Crippen LogP contribution >= 0.6 is 11.5 Å². The Labute approximate surface area is 141 Å². The number of rotatable bonds is 6. The lowest BCUT2D eigenvalue weighted by atomic mass is 9.97. The molecule has 0 radical (unpaired) electrons. The average Bonchev–Trinajstić information content (AvgIpc) is 2.93. The lowest BCUT2D eigenvalue weighted by molar-refractivity contribution is -0.121. The molecule has 1 aromatic rings. The highest BCUT2D eigenvalue weighted by Crippen LogP contribution is 2.27. The molecule has 2 N–H and O–H groups in total. The monoisotopic (exact) mass is 338 g/mol. The first kappa shape index (κ1) is 17.7. The van der Waals surface area contributed by atoms with E-state index in [1.165, 1.54) is 11.5 Å². The number of nitrogens with one attached hydrogen (secondary N) is 2. The van der Waals surface area contributed by atoms with Crippen molar-refractivity contribution in [1.29, 1.82) is 0 Å². The lowest BCUT2D eigenvalue weighted by Crippen LogP contribution is -2.43. The summed E-state index contributed by atoms with van der Waals surface area (Å²) in [5, 5.41) is 6.86. The first-order valence-electron chi connectivity index (χ1n) is 8.26. The Morgan fingerprint density at radius 1 is 1.43 bits per heavy atom. The van der Waals surface area contributed by atoms with Crippen LogP contribution in [0.2, 0.25) is 0 Å². The number of nitrogens with zero attached hydrogens (tertiary/aromatic N) is 2. The molecule has 1 atom stereocenters. The third-order valence-electron chi connectivity index (χ3n) is 4.17. The molecule has 1 fully saturated rings. The first-order valence-corrected chi connectivity index (χ1v) is 9.04. The van der Waals surface area contributed by atoms with E-state index in [-0.39, 0.29) is 11.8 Å². The number of anilines is 1. The largest absolute Gasteiger partial charge is 0.378 e. The van der Waals surface area contributed by atoms with Gasteiger partial charge >= 0.3 is 0 Å². The van der Waals surface area contributed by atoms with E-state index in [1.54, 1.807) is 0 Å². The van der Waals surface area contributed by atoms with E-state index < -0.39 is 0 Å². The fourth-order valence-corrected chi connectivity index (χ4v) is 3.68. The van der Waals surface area contributed by atoms with Crippen molar-refractivity contribution >= 4 is 28.3 Å². The van der Waals surface area contributed by atoms with Gasteiger partial charge in [0.15, 0.2) is 0 Å². The molecule has 0 bridgehead atoms. The Morgan fingerprint density at radius 3 is 2.91 bits per heavy atom. The van der Waals surface area contributed by atoms with Crippen molar-refractivity contribution in [2.45, 2.75) is 39.5 Å². The van der Waals surface area contributed by atoms with Crippen LogP contribution in [0.4, 0.5) is 5.00 Å². The summed E-state index contributed by atoms with van der Waals surface area (Å²) >= 11 is 1.32. The van der Waals surface area contributed by atoms with Gasteiger partial charge in [-0.15, -0.1) is 0 Å². The summed E-state index contributed by atoms with van der Waals surface area (Å²) < 4.78 is 4.28. The molecule has 1 saturated heterocycles. The molecule has 0 spiro atoms. The molecule has 23 heavy (non-hydrogen) atoms. The van der Waals surface area contributed by atoms with Gasteiger partial charge in [0.25, 0.3) is 5.91 Å². The Hall–Kier alpha value is -1.63. The third kappa shape index (κ3) is 4.43. The zero-order valence-corrected chi connectivity index (χ0v) is 15.0. The van der Waals surface area contributed by atoms with E-state index in [9.17, 15) is 9.59 Å². The SMILES string of the molecule is CCCC(=O)NC[C@H]1CCCN(C(=O)c2c(C)nsc2NC)C1. The maximum Gasteiger partial charge on any atom is 0.258 e. The van der Waals surface area contributed by atoms with Crippen LogP contribution in [0, 0.1) is 12.8 Å². The zero-order chi connectivity index (χ0) is 16.8. The number of hydrogen-bond donors (Lipinski definition) is 2. The molecule has 1 aliphatic rings. The van der Waals surface area contributed by atoms with E-state index in [4.69, 9.17) is 0 Å². The second kappa shape index (κ2) is 8.29. The van der Waals surface area contributed by atoms with Crippen LogP contribution in [0.15, 0.2) is 0 Å². The van der Waals surface area contributed by atoms with Crippen molar-refractivity contribution in [1.82, 2.24) is 14.6 Å². The molecule has 1 aliphatic heterocycles. The van der Waals surface area contributed by atoms with E-state index in [2.05, 4.69) is 15.0 Å². The molecule has 6 nitrogen and oxygen atoms in total. The van der Waals surface area contributed by atoms with E-state index >= 15 is 0 Å². The highest BCUT2D eigenvalue weighted by atomic mass is 32.1. The van der Waals surface area contributed by atoms with E-state index in [0.29, 0.717) is 31.0 Å². The number of amides is 2. The molecule has 0 saturated carbocycles. The zero-order valence-electron chi connectivity index (χ0n) is 14.1. The third-order valence-corrected chi connectivity index (χ3v) is 5.13. The predicted molar refractivity (Wildman–Crippen MR) is 92.9 cm³/mol. The highest BCUT2D eigenvalue weighted by Gasteiger charge is 2.28. The molecule has 2 heterocycles. The van der Waals surface area contributed by atoms with Crippen molar-refractivity contribution < 1.29 is 9.59 Å². The Kier molecular flexibility index (Phi) is 6.38. The number of aryl methyl sites for hydroxylation is 1. The van der Waals surface area contributed by atoms with Gasteiger partial charge in [-0.05, 0) is 43.6 Å². The van der Waals surface area contributed by atoms with Crippen molar-refractivity contribution in [2.24, 2.45) is 5.92 Å². The van der Waals surface area contributed by atoms with Crippen molar-refractivity contribution in [2.75, 3.05) is 32.0 Å². The summed E-state index contributed by atoms with van der Waals surface area (Å²) in [5.74, 6) is 0.481. The minimum atomic E-state index is 0.0465. The number of carbonyl (C=O) groups is 2.